The van der Waals surface area contributed by atoms with Gasteiger partial charge >= 0.3 is 5.97 Å². The number of carbonyl (C=O) groups is 1. The van der Waals surface area contributed by atoms with Crippen LogP contribution in [0.1, 0.15) is 33.1 Å². The van der Waals surface area contributed by atoms with Crippen molar-refractivity contribution in [1.29, 1.82) is 0 Å². The first-order valence-electron chi connectivity index (χ1n) is 6.00. The molecule has 1 N–H and O–H groups in total. The third-order valence-electron chi connectivity index (χ3n) is 4.12. The van der Waals surface area contributed by atoms with Gasteiger partial charge in [-0.15, -0.1) is 0 Å². The number of hydrogen-bond acceptors (Lipinski definition) is 2. The third kappa shape index (κ3) is 2.03. The number of rotatable bonds is 4. The van der Waals surface area contributed by atoms with Crippen molar-refractivity contribution in [3.63, 3.8) is 0 Å². The maximum absolute atomic E-state index is 11.4. The number of likely N-dealkylation sites (tertiary alicyclic amines) is 1. The summed E-state index contributed by atoms with van der Waals surface area (Å²) in [6.45, 7) is 6.93. The van der Waals surface area contributed by atoms with E-state index in [1.54, 1.807) is 0 Å². The minimum Gasteiger partial charge on any atom is -0.481 e. The molecule has 3 nitrogen and oxygen atoms in total. The van der Waals surface area contributed by atoms with Gasteiger partial charge in [0.05, 0.1) is 5.41 Å². The predicted octanol–water partition coefficient (Wildman–Crippen LogP) is 1.83. The summed E-state index contributed by atoms with van der Waals surface area (Å²) in [4.78, 5) is 13.7. The van der Waals surface area contributed by atoms with Gasteiger partial charge in [-0.2, -0.15) is 0 Å². The van der Waals surface area contributed by atoms with Gasteiger partial charge in [0.1, 0.15) is 0 Å². The highest BCUT2D eigenvalue weighted by Crippen LogP contribution is 2.40. The highest BCUT2D eigenvalue weighted by Gasteiger charge is 2.47. The van der Waals surface area contributed by atoms with E-state index in [2.05, 4.69) is 4.90 Å². The Morgan fingerprint density at radius 3 is 2.60 bits per heavy atom. The topological polar surface area (TPSA) is 40.5 Å². The number of carboxylic acid groups (broad SMARTS) is 1. The lowest BCUT2D eigenvalue weighted by molar-refractivity contribution is -0.151. The van der Waals surface area contributed by atoms with Crippen molar-refractivity contribution in [2.45, 2.75) is 33.1 Å². The smallest absolute Gasteiger partial charge is 0.311 e. The summed E-state index contributed by atoms with van der Waals surface area (Å²) >= 11 is 0. The zero-order valence-corrected chi connectivity index (χ0v) is 9.70. The summed E-state index contributed by atoms with van der Waals surface area (Å²) in [6, 6.07) is 0. The van der Waals surface area contributed by atoms with Crippen LogP contribution in [0.5, 0.6) is 0 Å². The van der Waals surface area contributed by atoms with Gasteiger partial charge in [-0.3, -0.25) is 4.79 Å². The van der Waals surface area contributed by atoms with E-state index in [9.17, 15) is 9.90 Å². The predicted molar refractivity (Wildman–Crippen MR) is 58.7 cm³/mol. The Labute approximate surface area is 91.5 Å². The summed E-state index contributed by atoms with van der Waals surface area (Å²) in [5.41, 5.74) is -0.477. The fraction of sp³-hybridized carbons (Fsp3) is 0.917. The maximum atomic E-state index is 11.4. The van der Waals surface area contributed by atoms with E-state index in [-0.39, 0.29) is 5.92 Å². The van der Waals surface area contributed by atoms with Crippen molar-refractivity contribution in [2.75, 3.05) is 19.6 Å². The molecule has 1 atom stereocenters. The molecule has 0 spiro atoms. The largest absolute Gasteiger partial charge is 0.481 e. The average molecular weight is 211 g/mol. The van der Waals surface area contributed by atoms with E-state index in [1.807, 2.05) is 13.8 Å². The maximum Gasteiger partial charge on any atom is 0.311 e. The van der Waals surface area contributed by atoms with Crippen LogP contribution in [0, 0.1) is 17.3 Å². The van der Waals surface area contributed by atoms with Crippen LogP contribution in [0.25, 0.3) is 0 Å². The van der Waals surface area contributed by atoms with Crippen LogP contribution in [0.4, 0.5) is 0 Å². The quantitative estimate of drug-likeness (QED) is 0.771. The molecule has 0 aromatic heterocycles. The van der Waals surface area contributed by atoms with Crippen molar-refractivity contribution in [3.05, 3.63) is 0 Å². The van der Waals surface area contributed by atoms with Gasteiger partial charge in [0.2, 0.25) is 0 Å². The molecule has 1 saturated heterocycles. The Kier molecular flexibility index (Phi) is 2.75. The number of aliphatic carboxylic acids is 1. The average Bonchev–Trinajstić information content (AvgIpc) is 2.82. The second kappa shape index (κ2) is 3.78. The molecule has 1 unspecified atom stereocenters. The monoisotopic (exact) mass is 211 g/mol. The highest BCUT2D eigenvalue weighted by atomic mass is 16.4. The molecule has 0 aromatic carbocycles. The van der Waals surface area contributed by atoms with Crippen molar-refractivity contribution >= 4 is 5.97 Å². The third-order valence-corrected chi connectivity index (χ3v) is 4.12. The molecule has 2 aliphatic rings. The molecule has 0 radical (unpaired) electrons. The molecule has 0 bridgehead atoms. The second-order valence-electron chi connectivity index (χ2n) is 5.54. The fourth-order valence-corrected chi connectivity index (χ4v) is 2.63. The van der Waals surface area contributed by atoms with Gasteiger partial charge in [0, 0.05) is 13.1 Å². The van der Waals surface area contributed by atoms with Crippen molar-refractivity contribution in [3.8, 4) is 0 Å². The molecule has 0 aromatic rings. The molecule has 1 aliphatic heterocycles. The summed E-state index contributed by atoms with van der Waals surface area (Å²) in [5.74, 6) is 0.497. The first kappa shape index (κ1) is 10.9. The Bertz CT molecular complexity index is 260. The van der Waals surface area contributed by atoms with Crippen molar-refractivity contribution < 1.29 is 9.90 Å². The van der Waals surface area contributed by atoms with Gasteiger partial charge in [-0.25, -0.2) is 0 Å². The molecule has 2 fully saturated rings. The molecule has 3 heteroatoms. The lowest BCUT2D eigenvalue weighted by Gasteiger charge is -2.28. The molecule has 15 heavy (non-hydrogen) atoms. The first-order chi connectivity index (χ1) is 7.04. The van der Waals surface area contributed by atoms with E-state index in [0.717, 1.165) is 32.0 Å². The zero-order valence-electron chi connectivity index (χ0n) is 9.70. The fourth-order valence-electron chi connectivity index (χ4n) is 2.63. The number of carboxylic acids is 1. The van der Waals surface area contributed by atoms with Crippen LogP contribution < -0.4 is 0 Å². The highest BCUT2D eigenvalue weighted by molar-refractivity contribution is 5.75. The molecule has 1 saturated carbocycles. The van der Waals surface area contributed by atoms with Gasteiger partial charge in [0.15, 0.2) is 0 Å². The van der Waals surface area contributed by atoms with Crippen molar-refractivity contribution in [1.82, 2.24) is 4.90 Å². The summed E-state index contributed by atoms with van der Waals surface area (Å²) < 4.78 is 0. The van der Waals surface area contributed by atoms with E-state index >= 15 is 0 Å². The Morgan fingerprint density at radius 1 is 1.53 bits per heavy atom. The minimum absolute atomic E-state index is 0.235. The van der Waals surface area contributed by atoms with E-state index in [0.29, 0.717) is 0 Å². The first-order valence-corrected chi connectivity index (χ1v) is 6.00. The van der Waals surface area contributed by atoms with E-state index < -0.39 is 11.4 Å². The minimum atomic E-state index is -0.601. The summed E-state index contributed by atoms with van der Waals surface area (Å²) in [5, 5.41) is 9.38. The van der Waals surface area contributed by atoms with Crippen LogP contribution in [0.2, 0.25) is 0 Å². The molecule has 1 aliphatic carbocycles. The Balaban J connectivity index is 1.99. The normalized spacial score (nSPS) is 32.5. The molecule has 2 rings (SSSR count). The lowest BCUT2D eigenvalue weighted by atomic mass is 9.76. The van der Waals surface area contributed by atoms with Crippen LogP contribution in [-0.2, 0) is 4.79 Å². The van der Waals surface area contributed by atoms with Gasteiger partial charge in [-0.05, 0) is 37.6 Å². The van der Waals surface area contributed by atoms with Crippen LogP contribution in [0.3, 0.4) is 0 Å². The van der Waals surface area contributed by atoms with Gasteiger partial charge < -0.3 is 10.0 Å². The van der Waals surface area contributed by atoms with E-state index in [1.165, 1.54) is 12.8 Å². The molecule has 86 valence electrons. The molecular formula is C12H21NO2. The van der Waals surface area contributed by atoms with Gasteiger partial charge in [-0.1, -0.05) is 13.8 Å². The summed E-state index contributed by atoms with van der Waals surface area (Å²) in [7, 11) is 0. The lowest BCUT2D eigenvalue weighted by Crippen LogP contribution is -2.39. The zero-order chi connectivity index (χ0) is 11.1. The standard InChI is InChI=1S/C12H21NO2/c1-9(2)12(11(14)15)5-6-13(8-12)7-10-3-4-10/h9-10H,3-8H2,1-2H3,(H,14,15). The Morgan fingerprint density at radius 2 is 2.20 bits per heavy atom. The van der Waals surface area contributed by atoms with Crippen LogP contribution in [-0.4, -0.2) is 35.6 Å². The van der Waals surface area contributed by atoms with Crippen LogP contribution >= 0.6 is 0 Å². The summed E-state index contributed by atoms with van der Waals surface area (Å²) in [6.07, 6.45) is 3.52. The van der Waals surface area contributed by atoms with Gasteiger partial charge in [0.25, 0.3) is 0 Å². The molecule has 0 amide bonds. The second-order valence-corrected chi connectivity index (χ2v) is 5.54. The van der Waals surface area contributed by atoms with Crippen LogP contribution in [0.15, 0.2) is 0 Å². The SMILES string of the molecule is CC(C)C1(C(=O)O)CCN(CC2CC2)C1. The number of nitrogens with zero attached hydrogens (tertiary/aromatic N) is 1. The Hall–Kier alpha value is -0.570. The van der Waals surface area contributed by atoms with Crippen molar-refractivity contribution in [2.24, 2.45) is 17.3 Å². The molecular weight excluding hydrogens is 190 g/mol. The van der Waals surface area contributed by atoms with E-state index in [4.69, 9.17) is 0 Å². The molecule has 1 heterocycles. The number of hydrogen-bond donors (Lipinski definition) is 1.